The van der Waals surface area contributed by atoms with Gasteiger partial charge in [-0.15, -0.1) is 0 Å². The monoisotopic (exact) mass is 442 g/mol. The molecule has 1 unspecified atom stereocenters. The lowest BCUT2D eigenvalue weighted by Crippen LogP contribution is -2.35. The first kappa shape index (κ1) is 21.6. The van der Waals surface area contributed by atoms with E-state index < -0.39 is 17.9 Å². The van der Waals surface area contributed by atoms with Crippen LogP contribution in [0.4, 0.5) is 13.2 Å². The second kappa shape index (κ2) is 8.86. The third-order valence-electron chi connectivity index (χ3n) is 5.46. The number of aryl methyl sites for hydroxylation is 1. The zero-order chi connectivity index (χ0) is 22.8. The maximum Gasteiger partial charge on any atom is 0.280 e. The van der Waals surface area contributed by atoms with Crippen molar-refractivity contribution in [2.45, 2.75) is 32.2 Å². The first-order valence-corrected chi connectivity index (χ1v) is 10.1. The van der Waals surface area contributed by atoms with Crippen molar-refractivity contribution in [2.75, 3.05) is 7.05 Å². The molecule has 0 saturated carbocycles. The lowest BCUT2D eigenvalue weighted by Gasteiger charge is -2.24. The minimum Gasteiger partial charge on any atom is -0.469 e. The van der Waals surface area contributed by atoms with Crippen molar-refractivity contribution in [2.24, 2.45) is 0 Å². The molecule has 0 spiro atoms. The van der Waals surface area contributed by atoms with Crippen LogP contribution in [0.3, 0.4) is 0 Å². The van der Waals surface area contributed by atoms with Crippen LogP contribution in [0, 0.1) is 5.82 Å². The summed E-state index contributed by atoms with van der Waals surface area (Å²) >= 11 is 0. The van der Waals surface area contributed by atoms with Gasteiger partial charge in [0.25, 0.3) is 12.3 Å². The van der Waals surface area contributed by atoms with E-state index in [1.807, 2.05) is 13.0 Å². The van der Waals surface area contributed by atoms with Gasteiger partial charge in [0.1, 0.15) is 22.8 Å². The van der Waals surface area contributed by atoms with Crippen molar-refractivity contribution < 1.29 is 22.4 Å². The van der Waals surface area contributed by atoms with Crippen LogP contribution in [0.2, 0.25) is 0 Å². The Bertz CT molecular complexity index is 1220. The summed E-state index contributed by atoms with van der Waals surface area (Å²) in [6.07, 6.45) is 1.32. The van der Waals surface area contributed by atoms with Crippen molar-refractivity contribution in [3.05, 3.63) is 77.8 Å². The van der Waals surface area contributed by atoms with Gasteiger partial charge in [0.15, 0.2) is 5.65 Å². The van der Waals surface area contributed by atoms with Gasteiger partial charge in [-0.25, -0.2) is 22.7 Å². The van der Waals surface area contributed by atoms with Crippen LogP contribution in [-0.4, -0.2) is 38.5 Å². The minimum atomic E-state index is -2.84. The minimum absolute atomic E-state index is 0.0252. The summed E-state index contributed by atoms with van der Waals surface area (Å²) in [4.78, 5) is 19.1. The van der Waals surface area contributed by atoms with Crippen LogP contribution < -0.4 is 0 Å². The van der Waals surface area contributed by atoms with Crippen LogP contribution in [0.1, 0.15) is 41.6 Å². The molecule has 0 fully saturated rings. The molecule has 1 amide bonds. The molecule has 0 bridgehead atoms. The number of aromatic nitrogens is 3. The topological polar surface area (TPSA) is 63.6 Å². The Balaban J connectivity index is 1.67. The SMILES string of the molecule is CC(CCc1ccco1)N(C)C(=O)c1cnn2c(C(F)F)cc(-c3ccc(F)cc3)nc12. The Hall–Kier alpha value is -3.62. The number of carbonyl (C=O) groups excluding carboxylic acids is 1. The van der Waals surface area contributed by atoms with E-state index in [1.54, 1.807) is 19.4 Å². The van der Waals surface area contributed by atoms with E-state index in [4.69, 9.17) is 4.42 Å². The van der Waals surface area contributed by atoms with E-state index in [0.717, 1.165) is 10.3 Å². The van der Waals surface area contributed by atoms with Gasteiger partial charge < -0.3 is 9.32 Å². The Labute approximate surface area is 182 Å². The number of amides is 1. The van der Waals surface area contributed by atoms with Gasteiger partial charge in [0, 0.05) is 25.1 Å². The smallest absolute Gasteiger partial charge is 0.280 e. The average molecular weight is 442 g/mol. The maximum atomic E-state index is 13.7. The van der Waals surface area contributed by atoms with Crippen LogP contribution in [0.15, 0.2) is 59.3 Å². The summed E-state index contributed by atoms with van der Waals surface area (Å²) in [6.45, 7) is 1.90. The summed E-state index contributed by atoms with van der Waals surface area (Å²) in [7, 11) is 1.65. The van der Waals surface area contributed by atoms with Gasteiger partial charge in [0.05, 0.1) is 18.2 Å². The fourth-order valence-corrected chi connectivity index (χ4v) is 3.45. The predicted octanol–water partition coefficient (Wildman–Crippen LogP) is 5.16. The fraction of sp³-hybridized carbons (Fsp3) is 0.261. The highest BCUT2D eigenvalue weighted by molar-refractivity contribution is 6.00. The van der Waals surface area contributed by atoms with Gasteiger partial charge in [-0.2, -0.15) is 5.10 Å². The molecule has 4 rings (SSSR count). The van der Waals surface area contributed by atoms with E-state index in [2.05, 4.69) is 10.1 Å². The number of furan rings is 1. The largest absolute Gasteiger partial charge is 0.469 e. The molecule has 0 aliphatic heterocycles. The Kier molecular flexibility index (Phi) is 5.98. The summed E-state index contributed by atoms with van der Waals surface area (Å²) in [5.41, 5.74) is 0.397. The Morgan fingerprint density at radius 3 is 2.62 bits per heavy atom. The molecule has 3 heterocycles. The van der Waals surface area contributed by atoms with Gasteiger partial charge in [-0.1, -0.05) is 0 Å². The van der Waals surface area contributed by atoms with Crippen molar-refractivity contribution in [3.63, 3.8) is 0 Å². The number of benzene rings is 1. The average Bonchev–Trinajstić information content (AvgIpc) is 3.46. The molecule has 9 heteroatoms. The lowest BCUT2D eigenvalue weighted by atomic mass is 10.1. The van der Waals surface area contributed by atoms with Crippen LogP contribution in [0.25, 0.3) is 16.9 Å². The molecular formula is C23H21F3N4O2. The lowest BCUT2D eigenvalue weighted by molar-refractivity contribution is 0.0738. The summed E-state index contributed by atoms with van der Waals surface area (Å²) < 4.78 is 47.1. The predicted molar refractivity (Wildman–Crippen MR) is 112 cm³/mol. The zero-order valence-electron chi connectivity index (χ0n) is 17.5. The zero-order valence-corrected chi connectivity index (χ0v) is 17.5. The van der Waals surface area contributed by atoms with Crippen molar-refractivity contribution in [1.29, 1.82) is 0 Å². The number of nitrogens with zero attached hydrogens (tertiary/aromatic N) is 4. The van der Waals surface area contributed by atoms with Crippen LogP contribution >= 0.6 is 0 Å². The van der Waals surface area contributed by atoms with Crippen molar-refractivity contribution in [3.8, 4) is 11.3 Å². The molecule has 0 N–H and O–H groups in total. The highest BCUT2D eigenvalue weighted by Crippen LogP contribution is 2.27. The van der Waals surface area contributed by atoms with E-state index in [9.17, 15) is 18.0 Å². The van der Waals surface area contributed by atoms with E-state index >= 15 is 0 Å². The van der Waals surface area contributed by atoms with Gasteiger partial charge in [-0.05, 0) is 55.8 Å². The molecule has 32 heavy (non-hydrogen) atoms. The maximum absolute atomic E-state index is 13.7. The number of alkyl halides is 2. The molecule has 0 aliphatic rings. The normalized spacial score (nSPS) is 12.4. The molecule has 4 aromatic rings. The van der Waals surface area contributed by atoms with Crippen LogP contribution in [0.5, 0.6) is 0 Å². The quantitative estimate of drug-likeness (QED) is 0.397. The molecule has 0 radical (unpaired) electrons. The summed E-state index contributed by atoms with van der Waals surface area (Å²) in [5.74, 6) is -0.00827. The number of fused-ring (bicyclic) bond motifs is 1. The molecule has 166 valence electrons. The standard InChI is InChI=1S/C23H21F3N4O2/c1-14(5-10-17-4-3-11-32-17)29(2)23(31)18-13-27-30-20(21(25)26)12-19(28-22(18)30)15-6-8-16(24)9-7-15/h3-4,6-9,11-14,21H,5,10H2,1-2H3. The van der Waals surface area contributed by atoms with Gasteiger partial charge in [-0.3, -0.25) is 4.79 Å². The fourth-order valence-electron chi connectivity index (χ4n) is 3.45. The third-order valence-corrected chi connectivity index (χ3v) is 5.46. The summed E-state index contributed by atoms with van der Waals surface area (Å²) in [6, 6.07) is 10.1. The number of carbonyl (C=O) groups is 1. The number of hydrogen-bond acceptors (Lipinski definition) is 4. The molecule has 0 aliphatic carbocycles. The van der Waals surface area contributed by atoms with Gasteiger partial charge >= 0.3 is 0 Å². The first-order chi connectivity index (χ1) is 15.3. The molecule has 0 saturated heterocycles. The van der Waals surface area contributed by atoms with E-state index in [-0.39, 0.29) is 28.9 Å². The highest BCUT2D eigenvalue weighted by atomic mass is 19.3. The van der Waals surface area contributed by atoms with Crippen molar-refractivity contribution >= 4 is 11.6 Å². The van der Waals surface area contributed by atoms with Crippen molar-refractivity contribution in [1.82, 2.24) is 19.5 Å². The van der Waals surface area contributed by atoms with Crippen LogP contribution in [-0.2, 0) is 6.42 Å². The molecule has 3 aromatic heterocycles. The molecule has 6 nitrogen and oxygen atoms in total. The first-order valence-electron chi connectivity index (χ1n) is 10.1. The second-order valence-corrected chi connectivity index (χ2v) is 7.55. The molecule has 1 aromatic carbocycles. The second-order valence-electron chi connectivity index (χ2n) is 7.55. The molecule has 1 atom stereocenters. The third kappa shape index (κ3) is 4.23. The van der Waals surface area contributed by atoms with Gasteiger partial charge in [0.2, 0.25) is 0 Å². The molecular weight excluding hydrogens is 421 g/mol. The number of rotatable bonds is 7. The van der Waals surface area contributed by atoms with E-state index in [0.29, 0.717) is 18.4 Å². The number of halogens is 3. The Morgan fingerprint density at radius 2 is 1.97 bits per heavy atom. The highest BCUT2D eigenvalue weighted by Gasteiger charge is 2.25. The Morgan fingerprint density at radius 1 is 1.22 bits per heavy atom. The van der Waals surface area contributed by atoms with E-state index in [1.165, 1.54) is 41.4 Å². The number of hydrogen-bond donors (Lipinski definition) is 0. The summed E-state index contributed by atoms with van der Waals surface area (Å²) in [5, 5.41) is 3.99.